The van der Waals surface area contributed by atoms with Gasteiger partial charge in [0.15, 0.2) is 0 Å². The zero-order valence-electron chi connectivity index (χ0n) is 9.82. The summed E-state index contributed by atoms with van der Waals surface area (Å²) < 4.78 is 26.2. The number of aromatic nitrogens is 2. The first kappa shape index (κ1) is 13.1. The fourth-order valence-corrected chi connectivity index (χ4v) is 1.97. The molecule has 16 heavy (non-hydrogen) atoms. The highest BCUT2D eigenvalue weighted by atomic mass is 32.2. The van der Waals surface area contributed by atoms with Crippen molar-refractivity contribution in [3.05, 3.63) is 17.5 Å². The molecule has 0 spiro atoms. The maximum absolute atomic E-state index is 11.1. The molecule has 2 N–H and O–H groups in total. The highest BCUT2D eigenvalue weighted by Crippen LogP contribution is 2.03. The van der Waals surface area contributed by atoms with E-state index in [1.807, 2.05) is 20.2 Å². The van der Waals surface area contributed by atoms with E-state index in [9.17, 15) is 8.42 Å². The summed E-state index contributed by atoms with van der Waals surface area (Å²) in [7, 11) is 0.168. The van der Waals surface area contributed by atoms with Gasteiger partial charge in [-0.1, -0.05) is 0 Å². The Morgan fingerprint density at radius 1 is 1.50 bits per heavy atom. The summed E-state index contributed by atoms with van der Waals surface area (Å²) in [5.41, 5.74) is 2.05. The van der Waals surface area contributed by atoms with Crippen LogP contribution in [0.5, 0.6) is 0 Å². The molecule has 0 unspecified atom stereocenters. The summed E-state index contributed by atoms with van der Waals surface area (Å²) in [6.07, 6.45) is 1.93. The zero-order valence-corrected chi connectivity index (χ0v) is 10.6. The summed E-state index contributed by atoms with van der Waals surface area (Å²) in [6.45, 7) is 3.00. The summed E-state index contributed by atoms with van der Waals surface area (Å²) in [6, 6.07) is 0. The third-order valence-corrected chi connectivity index (χ3v) is 3.65. The van der Waals surface area contributed by atoms with Gasteiger partial charge in [0, 0.05) is 31.9 Å². The summed E-state index contributed by atoms with van der Waals surface area (Å²) in [4.78, 5) is 0. The lowest BCUT2D eigenvalue weighted by atomic mass is 10.3. The molecule has 0 aliphatic heterocycles. The molecule has 0 fully saturated rings. The Bertz CT molecular complexity index is 438. The van der Waals surface area contributed by atoms with Crippen molar-refractivity contribution < 1.29 is 8.42 Å². The van der Waals surface area contributed by atoms with Gasteiger partial charge in [-0.25, -0.2) is 13.1 Å². The van der Waals surface area contributed by atoms with Crippen LogP contribution in [0.4, 0.5) is 0 Å². The lowest BCUT2D eigenvalue weighted by Gasteiger charge is -2.04. The van der Waals surface area contributed by atoms with Crippen LogP contribution in [0.2, 0.25) is 0 Å². The molecule has 1 rings (SSSR count). The number of nitrogens with one attached hydrogen (secondary N) is 2. The average Bonchev–Trinajstić information content (AvgIpc) is 2.52. The summed E-state index contributed by atoms with van der Waals surface area (Å²) >= 11 is 0. The Morgan fingerprint density at radius 3 is 2.69 bits per heavy atom. The number of aryl methyl sites for hydroxylation is 2. The van der Waals surface area contributed by atoms with Crippen LogP contribution in [-0.4, -0.2) is 37.5 Å². The molecular weight excluding hydrogens is 228 g/mol. The standard InChI is InChI=1S/C9H18N4O2S/c1-8-9(7-13(3)12-8)6-11-4-5-16(14,15)10-2/h7,10-11H,4-6H2,1-3H3. The second-order valence-corrected chi connectivity index (χ2v) is 5.66. The molecule has 1 heterocycles. The molecule has 0 aliphatic rings. The van der Waals surface area contributed by atoms with Crippen molar-refractivity contribution in [2.45, 2.75) is 13.5 Å². The maximum Gasteiger partial charge on any atom is 0.212 e. The maximum atomic E-state index is 11.1. The minimum absolute atomic E-state index is 0.0861. The van der Waals surface area contributed by atoms with Crippen molar-refractivity contribution in [1.29, 1.82) is 0 Å². The first-order valence-electron chi connectivity index (χ1n) is 5.05. The van der Waals surface area contributed by atoms with Crippen LogP contribution in [-0.2, 0) is 23.6 Å². The SMILES string of the molecule is CNS(=O)(=O)CCNCc1cn(C)nc1C. The van der Waals surface area contributed by atoms with Crippen molar-refractivity contribution in [3.63, 3.8) is 0 Å². The van der Waals surface area contributed by atoms with Crippen molar-refractivity contribution in [2.24, 2.45) is 7.05 Å². The number of hydrogen-bond donors (Lipinski definition) is 2. The summed E-state index contributed by atoms with van der Waals surface area (Å²) in [5.74, 6) is 0.0861. The Balaban J connectivity index is 2.34. The highest BCUT2D eigenvalue weighted by Gasteiger charge is 2.06. The van der Waals surface area contributed by atoms with Gasteiger partial charge in [-0.05, 0) is 14.0 Å². The fraction of sp³-hybridized carbons (Fsp3) is 0.667. The van der Waals surface area contributed by atoms with E-state index < -0.39 is 10.0 Å². The lowest BCUT2D eigenvalue weighted by molar-refractivity contribution is 0.583. The third kappa shape index (κ3) is 3.92. The van der Waals surface area contributed by atoms with Gasteiger partial charge in [-0.3, -0.25) is 4.68 Å². The van der Waals surface area contributed by atoms with E-state index in [0.717, 1.165) is 11.3 Å². The van der Waals surface area contributed by atoms with Crippen LogP contribution in [0.15, 0.2) is 6.20 Å². The molecule has 6 nitrogen and oxygen atoms in total. The Labute approximate surface area is 96.1 Å². The molecule has 0 aliphatic carbocycles. The van der Waals surface area contributed by atoms with Gasteiger partial charge in [-0.2, -0.15) is 5.10 Å². The van der Waals surface area contributed by atoms with E-state index in [1.54, 1.807) is 4.68 Å². The van der Waals surface area contributed by atoms with Crippen LogP contribution >= 0.6 is 0 Å². The average molecular weight is 246 g/mol. The molecule has 1 aromatic rings. The normalized spacial score (nSPS) is 11.9. The van der Waals surface area contributed by atoms with Gasteiger partial charge in [0.2, 0.25) is 10.0 Å². The van der Waals surface area contributed by atoms with E-state index in [-0.39, 0.29) is 5.75 Å². The van der Waals surface area contributed by atoms with E-state index in [4.69, 9.17) is 0 Å². The smallest absolute Gasteiger partial charge is 0.212 e. The van der Waals surface area contributed by atoms with Gasteiger partial charge in [0.05, 0.1) is 11.4 Å². The molecule has 0 saturated carbocycles. The summed E-state index contributed by atoms with van der Waals surface area (Å²) in [5, 5.41) is 7.27. The van der Waals surface area contributed by atoms with Crippen LogP contribution in [0.25, 0.3) is 0 Å². The van der Waals surface area contributed by atoms with E-state index >= 15 is 0 Å². The molecule has 0 bridgehead atoms. The molecule has 0 atom stereocenters. The van der Waals surface area contributed by atoms with Crippen molar-refractivity contribution in [2.75, 3.05) is 19.3 Å². The number of rotatable bonds is 6. The quantitative estimate of drug-likeness (QED) is 0.655. The first-order valence-corrected chi connectivity index (χ1v) is 6.71. The molecule has 0 saturated heterocycles. The Kier molecular flexibility index (Phi) is 4.45. The topological polar surface area (TPSA) is 76.0 Å². The highest BCUT2D eigenvalue weighted by molar-refractivity contribution is 7.89. The van der Waals surface area contributed by atoms with Gasteiger partial charge in [-0.15, -0.1) is 0 Å². The van der Waals surface area contributed by atoms with E-state index in [0.29, 0.717) is 13.1 Å². The third-order valence-electron chi connectivity index (χ3n) is 2.29. The van der Waals surface area contributed by atoms with Crippen molar-refractivity contribution in [3.8, 4) is 0 Å². The predicted molar refractivity (Wildman–Crippen MR) is 62.5 cm³/mol. The molecule has 0 amide bonds. The lowest BCUT2D eigenvalue weighted by Crippen LogP contribution is -2.29. The first-order chi connectivity index (χ1) is 7.44. The van der Waals surface area contributed by atoms with Crippen LogP contribution in [0, 0.1) is 6.92 Å². The monoisotopic (exact) mass is 246 g/mol. The van der Waals surface area contributed by atoms with E-state index in [2.05, 4.69) is 15.1 Å². The molecule has 1 aromatic heterocycles. The zero-order chi connectivity index (χ0) is 12.2. The second kappa shape index (κ2) is 5.42. The largest absolute Gasteiger partial charge is 0.311 e. The second-order valence-electron chi connectivity index (χ2n) is 3.61. The molecule has 0 aromatic carbocycles. The van der Waals surface area contributed by atoms with E-state index in [1.165, 1.54) is 7.05 Å². The molecule has 92 valence electrons. The molecule has 7 heteroatoms. The number of nitrogens with zero attached hydrogens (tertiary/aromatic N) is 2. The van der Waals surface area contributed by atoms with Crippen molar-refractivity contribution in [1.82, 2.24) is 19.8 Å². The van der Waals surface area contributed by atoms with Gasteiger partial charge < -0.3 is 5.32 Å². The number of hydrogen-bond acceptors (Lipinski definition) is 4. The minimum Gasteiger partial charge on any atom is -0.311 e. The van der Waals surface area contributed by atoms with Gasteiger partial charge >= 0.3 is 0 Å². The van der Waals surface area contributed by atoms with Crippen LogP contribution in [0.3, 0.4) is 0 Å². The minimum atomic E-state index is -3.11. The Morgan fingerprint density at radius 2 is 2.19 bits per heavy atom. The predicted octanol–water partition coefficient (Wildman–Crippen LogP) is -0.633. The fourth-order valence-electron chi connectivity index (χ4n) is 1.35. The Hall–Kier alpha value is -0.920. The molecule has 0 radical (unpaired) electrons. The van der Waals surface area contributed by atoms with Gasteiger partial charge in [0.1, 0.15) is 0 Å². The van der Waals surface area contributed by atoms with Gasteiger partial charge in [0.25, 0.3) is 0 Å². The van der Waals surface area contributed by atoms with Crippen LogP contribution < -0.4 is 10.0 Å². The number of sulfonamides is 1. The molecular formula is C9H18N4O2S. The van der Waals surface area contributed by atoms with Crippen molar-refractivity contribution >= 4 is 10.0 Å². The van der Waals surface area contributed by atoms with Crippen LogP contribution in [0.1, 0.15) is 11.3 Å².